The van der Waals surface area contributed by atoms with Crippen molar-refractivity contribution in [1.82, 2.24) is 0 Å². The summed E-state index contributed by atoms with van der Waals surface area (Å²) in [6.07, 6.45) is 2.87. The van der Waals surface area contributed by atoms with Crippen LogP contribution in [0.1, 0.15) is 39.7 Å². The van der Waals surface area contributed by atoms with Crippen LogP contribution in [-0.2, 0) is 24.1 Å². The number of hydrogen-bond donors (Lipinski definition) is 2. The summed E-state index contributed by atoms with van der Waals surface area (Å²) in [7, 11) is 1.60. The highest BCUT2D eigenvalue weighted by molar-refractivity contribution is 7.17. The van der Waals surface area contributed by atoms with E-state index < -0.39 is 0 Å². The van der Waals surface area contributed by atoms with Gasteiger partial charge in [0.05, 0.1) is 19.1 Å². The molecule has 2 N–H and O–H groups in total. The highest BCUT2D eigenvalue weighted by Crippen LogP contribution is 2.40. The molecule has 2 amide bonds. The van der Waals surface area contributed by atoms with E-state index >= 15 is 0 Å². The first-order valence-electron chi connectivity index (χ1n) is 10.8. The molecule has 1 atom stereocenters. The van der Waals surface area contributed by atoms with Gasteiger partial charge in [0.15, 0.2) is 0 Å². The smallest absolute Gasteiger partial charge is 0.258 e. The Bertz CT molecular complexity index is 1190. The lowest BCUT2D eigenvalue weighted by molar-refractivity contribution is -0.115. The van der Waals surface area contributed by atoms with E-state index in [1.807, 2.05) is 24.3 Å². The average molecular weight is 464 g/mol. The molecule has 3 aromatic rings. The summed E-state index contributed by atoms with van der Waals surface area (Å²) in [5, 5.41) is 9.32. The number of nitrogens with one attached hydrogen (secondary N) is 2. The van der Waals surface area contributed by atoms with Crippen LogP contribution in [0.4, 0.5) is 16.4 Å². The van der Waals surface area contributed by atoms with Gasteiger partial charge in [-0.3, -0.25) is 9.59 Å². The van der Waals surface area contributed by atoms with Crippen molar-refractivity contribution >= 4 is 39.5 Å². The molecule has 8 heteroatoms. The molecular formula is C25H25N3O4S. The maximum atomic E-state index is 13.3. The van der Waals surface area contributed by atoms with Crippen molar-refractivity contribution in [3.63, 3.8) is 0 Å². The molecule has 33 heavy (non-hydrogen) atoms. The standard InChI is InChI=1S/C25H25N3O4S/c1-15-6-11-20-21(12-15)33-25(27-22(29)13-16-7-9-19(32-2)10-8-16)23(20)24(30)26-17-4-3-5-18(14-17)28-31/h3-5,7-10,14-15H,6,11-13H2,1-2H3,(H,26,30)(H,27,29). The molecule has 170 valence electrons. The van der Waals surface area contributed by atoms with E-state index in [2.05, 4.69) is 22.7 Å². The SMILES string of the molecule is COc1ccc(CC(=O)Nc2sc3c(c2C(=O)Nc2cccc(N=O)c2)CCC(C)C3)cc1. The number of carbonyl (C=O) groups excluding carboxylic acids is 2. The van der Waals surface area contributed by atoms with Crippen LogP contribution < -0.4 is 15.4 Å². The Morgan fingerprint density at radius 2 is 1.94 bits per heavy atom. The first-order chi connectivity index (χ1) is 16.0. The van der Waals surface area contributed by atoms with E-state index in [4.69, 9.17) is 4.74 Å². The number of methoxy groups -OCH3 is 1. The summed E-state index contributed by atoms with van der Waals surface area (Å²) in [6, 6.07) is 13.8. The molecule has 0 saturated carbocycles. The van der Waals surface area contributed by atoms with Gasteiger partial charge in [-0.25, -0.2) is 0 Å². The summed E-state index contributed by atoms with van der Waals surface area (Å²) in [6.45, 7) is 2.20. The van der Waals surface area contributed by atoms with Crippen LogP contribution in [0.5, 0.6) is 5.75 Å². The maximum Gasteiger partial charge on any atom is 0.258 e. The van der Waals surface area contributed by atoms with Crippen LogP contribution in [-0.4, -0.2) is 18.9 Å². The summed E-state index contributed by atoms with van der Waals surface area (Å²) < 4.78 is 5.16. The zero-order valence-electron chi connectivity index (χ0n) is 18.5. The summed E-state index contributed by atoms with van der Waals surface area (Å²) in [5.41, 5.74) is 3.08. The number of fused-ring (bicyclic) bond motifs is 1. The van der Waals surface area contributed by atoms with Crippen molar-refractivity contribution in [3.8, 4) is 5.75 Å². The van der Waals surface area contributed by atoms with Crippen LogP contribution in [0.3, 0.4) is 0 Å². The Morgan fingerprint density at radius 3 is 2.67 bits per heavy atom. The Hall–Kier alpha value is -3.52. The zero-order valence-corrected chi connectivity index (χ0v) is 19.3. The molecule has 1 aliphatic carbocycles. The van der Waals surface area contributed by atoms with Gasteiger partial charge in [-0.05, 0) is 71.8 Å². The quantitative estimate of drug-likeness (QED) is 0.438. The van der Waals surface area contributed by atoms with E-state index in [0.29, 0.717) is 22.2 Å². The van der Waals surface area contributed by atoms with Crippen molar-refractivity contribution in [1.29, 1.82) is 0 Å². The molecule has 1 heterocycles. The lowest BCUT2D eigenvalue weighted by Crippen LogP contribution is -2.20. The number of ether oxygens (including phenoxy) is 1. The third kappa shape index (κ3) is 5.28. The van der Waals surface area contributed by atoms with Crippen molar-refractivity contribution in [2.45, 2.75) is 32.6 Å². The second-order valence-electron chi connectivity index (χ2n) is 8.22. The van der Waals surface area contributed by atoms with E-state index in [1.165, 1.54) is 17.4 Å². The predicted molar refractivity (Wildman–Crippen MR) is 131 cm³/mol. The second kappa shape index (κ2) is 9.95. The predicted octanol–water partition coefficient (Wildman–Crippen LogP) is 5.71. The fourth-order valence-corrected chi connectivity index (χ4v) is 5.44. The molecule has 1 aliphatic rings. The number of nitroso groups, excluding NO2 is 1. The van der Waals surface area contributed by atoms with Crippen molar-refractivity contribution in [2.24, 2.45) is 11.1 Å². The van der Waals surface area contributed by atoms with Gasteiger partial charge in [-0.15, -0.1) is 16.2 Å². The van der Waals surface area contributed by atoms with E-state index in [0.717, 1.165) is 41.0 Å². The van der Waals surface area contributed by atoms with Gasteiger partial charge < -0.3 is 15.4 Å². The number of carbonyl (C=O) groups is 2. The Kier molecular flexibility index (Phi) is 6.84. The van der Waals surface area contributed by atoms with Gasteiger partial charge in [-0.1, -0.05) is 25.1 Å². The average Bonchev–Trinajstić information content (AvgIpc) is 3.16. The molecule has 4 rings (SSSR count). The topological polar surface area (TPSA) is 96.9 Å². The number of anilines is 2. The molecule has 0 fully saturated rings. The van der Waals surface area contributed by atoms with E-state index in [9.17, 15) is 14.5 Å². The zero-order chi connectivity index (χ0) is 23.4. The first-order valence-corrected chi connectivity index (χ1v) is 11.6. The van der Waals surface area contributed by atoms with Crippen LogP contribution in [0, 0.1) is 10.8 Å². The summed E-state index contributed by atoms with van der Waals surface area (Å²) >= 11 is 1.48. The van der Waals surface area contributed by atoms with Gasteiger partial charge in [0.2, 0.25) is 5.91 Å². The monoisotopic (exact) mass is 463 g/mol. The van der Waals surface area contributed by atoms with Crippen LogP contribution in [0.2, 0.25) is 0 Å². The number of hydrogen-bond acceptors (Lipinski definition) is 6. The van der Waals surface area contributed by atoms with Gasteiger partial charge >= 0.3 is 0 Å². The largest absolute Gasteiger partial charge is 0.497 e. The number of nitrogens with zero attached hydrogens (tertiary/aromatic N) is 1. The third-order valence-electron chi connectivity index (χ3n) is 5.72. The number of thiophene rings is 1. The molecule has 0 bridgehead atoms. The van der Waals surface area contributed by atoms with Gasteiger partial charge in [0, 0.05) is 10.6 Å². The molecule has 7 nitrogen and oxygen atoms in total. The molecule has 0 saturated heterocycles. The van der Waals surface area contributed by atoms with Gasteiger partial charge in [-0.2, -0.15) is 0 Å². The third-order valence-corrected chi connectivity index (χ3v) is 6.89. The van der Waals surface area contributed by atoms with Crippen molar-refractivity contribution in [2.75, 3.05) is 17.7 Å². The Labute approximate surface area is 196 Å². The highest BCUT2D eigenvalue weighted by atomic mass is 32.1. The fourth-order valence-electron chi connectivity index (χ4n) is 4.01. The maximum absolute atomic E-state index is 13.3. The first kappa shape index (κ1) is 22.7. The molecule has 1 unspecified atom stereocenters. The Morgan fingerprint density at radius 1 is 1.15 bits per heavy atom. The van der Waals surface area contributed by atoms with Crippen molar-refractivity contribution < 1.29 is 14.3 Å². The van der Waals surface area contributed by atoms with Crippen LogP contribution >= 0.6 is 11.3 Å². The molecule has 0 spiro atoms. The highest BCUT2D eigenvalue weighted by Gasteiger charge is 2.28. The Balaban J connectivity index is 1.58. The minimum absolute atomic E-state index is 0.187. The number of rotatable bonds is 7. The number of amides is 2. The van der Waals surface area contributed by atoms with Crippen molar-refractivity contribution in [3.05, 3.63) is 75.0 Å². The van der Waals surface area contributed by atoms with E-state index in [1.54, 1.807) is 25.3 Å². The van der Waals surface area contributed by atoms with Gasteiger partial charge in [0.25, 0.3) is 5.91 Å². The summed E-state index contributed by atoms with van der Waals surface area (Å²) in [5.74, 6) is 0.773. The second-order valence-corrected chi connectivity index (χ2v) is 9.33. The van der Waals surface area contributed by atoms with Crippen LogP contribution in [0.25, 0.3) is 0 Å². The lowest BCUT2D eigenvalue weighted by atomic mass is 9.88. The summed E-state index contributed by atoms with van der Waals surface area (Å²) in [4.78, 5) is 38.1. The molecular weight excluding hydrogens is 438 g/mol. The minimum atomic E-state index is -0.301. The number of benzene rings is 2. The van der Waals surface area contributed by atoms with Gasteiger partial charge in [0.1, 0.15) is 16.4 Å². The lowest BCUT2D eigenvalue weighted by Gasteiger charge is -2.18. The van der Waals surface area contributed by atoms with Crippen LogP contribution in [0.15, 0.2) is 53.7 Å². The van der Waals surface area contributed by atoms with E-state index in [-0.39, 0.29) is 23.9 Å². The molecule has 2 aromatic carbocycles. The molecule has 0 aliphatic heterocycles. The normalized spacial score (nSPS) is 14.8. The molecule has 1 aromatic heterocycles. The molecule has 0 radical (unpaired) electrons. The fraction of sp³-hybridized carbons (Fsp3) is 0.280. The minimum Gasteiger partial charge on any atom is -0.497 e.